The second kappa shape index (κ2) is 10.2. The van der Waals surface area contributed by atoms with E-state index in [-0.39, 0.29) is 0 Å². The summed E-state index contributed by atoms with van der Waals surface area (Å²) >= 11 is 0. The van der Waals surface area contributed by atoms with Crippen LogP contribution in [0.1, 0.15) is 22.3 Å². The summed E-state index contributed by atoms with van der Waals surface area (Å²) in [6.45, 7) is 0. The van der Waals surface area contributed by atoms with Gasteiger partial charge in [0, 0.05) is 21.9 Å². The Kier molecular flexibility index (Phi) is 5.62. The van der Waals surface area contributed by atoms with Crippen LogP contribution in [0.4, 0.5) is 0 Å². The van der Waals surface area contributed by atoms with Crippen molar-refractivity contribution in [1.82, 2.24) is 9.55 Å². The zero-order chi connectivity index (χ0) is 32.8. The van der Waals surface area contributed by atoms with Gasteiger partial charge < -0.3 is 4.57 Å². The lowest BCUT2D eigenvalue weighted by molar-refractivity contribution is 0.750. The highest BCUT2D eigenvalue weighted by Crippen LogP contribution is 2.62. The number of nitrogens with zero attached hydrogens (tertiary/aromatic N) is 2. The Labute approximate surface area is 290 Å². The van der Waals surface area contributed by atoms with E-state index in [9.17, 15) is 0 Å². The van der Waals surface area contributed by atoms with Crippen LogP contribution in [-0.2, 0) is 5.41 Å². The van der Waals surface area contributed by atoms with Gasteiger partial charge in [-0.2, -0.15) is 0 Å². The highest BCUT2D eigenvalue weighted by molar-refractivity contribution is 6.13. The van der Waals surface area contributed by atoms with Crippen LogP contribution in [0.25, 0.3) is 72.3 Å². The highest BCUT2D eigenvalue weighted by Gasteiger charge is 2.52. The van der Waals surface area contributed by atoms with Crippen LogP contribution < -0.4 is 0 Å². The normalized spacial score (nSPS) is 15.3. The molecule has 0 fully saturated rings. The van der Waals surface area contributed by atoms with Crippen molar-refractivity contribution in [3.8, 4) is 50.5 Å². The summed E-state index contributed by atoms with van der Waals surface area (Å²) in [5.41, 5.74) is 17.5. The van der Waals surface area contributed by atoms with Crippen molar-refractivity contribution in [2.75, 3.05) is 0 Å². The number of pyridine rings is 1. The van der Waals surface area contributed by atoms with E-state index in [2.05, 4.69) is 187 Å². The smallest absolute Gasteiger partial charge is 0.0761 e. The molecule has 9 aromatic rings. The van der Waals surface area contributed by atoms with Gasteiger partial charge in [-0.25, -0.2) is 4.98 Å². The molecule has 0 saturated heterocycles. The third-order valence-electron chi connectivity index (χ3n) is 11.0. The molecule has 232 valence electrons. The van der Waals surface area contributed by atoms with Crippen molar-refractivity contribution >= 4 is 21.8 Å². The van der Waals surface area contributed by atoms with Crippen molar-refractivity contribution in [3.63, 3.8) is 0 Å². The van der Waals surface area contributed by atoms with E-state index in [0.717, 1.165) is 28.1 Å². The molecule has 2 aromatic heterocycles. The lowest BCUT2D eigenvalue weighted by atomic mass is 9.64. The van der Waals surface area contributed by atoms with Gasteiger partial charge in [0.15, 0.2) is 0 Å². The fourth-order valence-corrected chi connectivity index (χ4v) is 9.06. The lowest BCUT2D eigenvalue weighted by Crippen LogP contribution is -2.34. The summed E-state index contributed by atoms with van der Waals surface area (Å²) in [5, 5.41) is 2.56. The Morgan fingerprint density at radius 2 is 1.00 bits per heavy atom. The maximum atomic E-state index is 5.50. The fourth-order valence-electron chi connectivity index (χ4n) is 9.06. The lowest BCUT2D eigenvalue weighted by Gasteiger charge is -2.40. The summed E-state index contributed by atoms with van der Waals surface area (Å²) in [5.74, 6) is 0. The van der Waals surface area contributed by atoms with Gasteiger partial charge >= 0.3 is 0 Å². The average Bonchev–Trinajstić information content (AvgIpc) is 3.69. The van der Waals surface area contributed by atoms with Crippen LogP contribution in [0.3, 0.4) is 0 Å². The molecule has 11 rings (SSSR count). The van der Waals surface area contributed by atoms with E-state index in [1.807, 2.05) is 0 Å². The molecule has 2 aliphatic rings. The number of para-hydroxylation sites is 3. The number of hydrogen-bond acceptors (Lipinski definition) is 1. The van der Waals surface area contributed by atoms with Crippen LogP contribution in [-0.4, -0.2) is 9.55 Å². The molecule has 0 saturated carbocycles. The van der Waals surface area contributed by atoms with Crippen LogP contribution in [0.5, 0.6) is 0 Å². The van der Waals surface area contributed by atoms with Crippen molar-refractivity contribution in [3.05, 3.63) is 204 Å². The summed E-state index contributed by atoms with van der Waals surface area (Å²) < 4.78 is 2.51. The zero-order valence-corrected chi connectivity index (χ0v) is 27.2. The van der Waals surface area contributed by atoms with Gasteiger partial charge in [-0.1, -0.05) is 158 Å². The summed E-state index contributed by atoms with van der Waals surface area (Å²) in [6, 6.07) is 66.5. The van der Waals surface area contributed by atoms with Gasteiger partial charge in [0.1, 0.15) is 0 Å². The average molecular weight is 635 g/mol. The second-order valence-corrected chi connectivity index (χ2v) is 13.5. The molecule has 0 bridgehead atoms. The van der Waals surface area contributed by atoms with Crippen molar-refractivity contribution < 1.29 is 0 Å². The summed E-state index contributed by atoms with van der Waals surface area (Å²) in [6.07, 6.45) is 0. The quantitative estimate of drug-likeness (QED) is 0.189. The van der Waals surface area contributed by atoms with Crippen LogP contribution in [0.2, 0.25) is 0 Å². The molecular formula is C48H30N2. The summed E-state index contributed by atoms with van der Waals surface area (Å²) in [7, 11) is 0. The minimum atomic E-state index is -0.555. The van der Waals surface area contributed by atoms with Gasteiger partial charge in [0.05, 0.1) is 33.5 Å². The third kappa shape index (κ3) is 3.55. The largest absolute Gasteiger partial charge is 0.309 e. The van der Waals surface area contributed by atoms with Crippen LogP contribution >= 0.6 is 0 Å². The number of aromatic nitrogens is 2. The topological polar surface area (TPSA) is 17.8 Å². The van der Waals surface area contributed by atoms with Gasteiger partial charge in [-0.15, -0.1) is 0 Å². The Morgan fingerprint density at radius 3 is 1.86 bits per heavy atom. The molecule has 0 radical (unpaired) electrons. The molecular weight excluding hydrogens is 605 g/mol. The highest BCUT2D eigenvalue weighted by atomic mass is 15.0. The summed E-state index contributed by atoms with van der Waals surface area (Å²) in [4.78, 5) is 5.50. The standard InChI is InChI=1S/C48H30N2/c1-3-15-31(16-4-1)33-29-42(32-17-5-2-6-18-32)49-43(30-33)38-23-13-21-36-34-19-7-9-24-39(34)48(46(36)38)40-25-10-12-28-45(40)50-44-27-11-8-20-35(44)37-22-14-26-41(48)47(37)50/h1-30H. The van der Waals surface area contributed by atoms with Gasteiger partial charge in [-0.3, -0.25) is 0 Å². The Morgan fingerprint density at radius 1 is 0.400 bits per heavy atom. The maximum absolute atomic E-state index is 5.50. The van der Waals surface area contributed by atoms with E-state index < -0.39 is 5.41 Å². The first kappa shape index (κ1) is 27.4. The third-order valence-corrected chi connectivity index (χ3v) is 11.0. The predicted molar refractivity (Wildman–Crippen MR) is 206 cm³/mol. The molecule has 7 aromatic carbocycles. The first-order chi connectivity index (χ1) is 24.8. The minimum absolute atomic E-state index is 0.555. The molecule has 2 nitrogen and oxygen atoms in total. The van der Waals surface area contributed by atoms with E-state index in [4.69, 9.17) is 4.98 Å². The molecule has 0 N–H and O–H groups in total. The van der Waals surface area contributed by atoms with E-state index in [1.165, 1.54) is 66.4 Å². The monoisotopic (exact) mass is 634 g/mol. The Balaban J connectivity index is 1.30. The van der Waals surface area contributed by atoms with E-state index in [1.54, 1.807) is 0 Å². The first-order valence-corrected chi connectivity index (χ1v) is 17.3. The fraction of sp³-hybridized carbons (Fsp3) is 0.0208. The Bertz CT molecular complexity index is 2750. The van der Waals surface area contributed by atoms with Crippen LogP contribution in [0, 0.1) is 0 Å². The SMILES string of the molecule is c1ccc(-c2cc(-c3ccccc3)nc(-c3cccc4c3C3(c5ccccc5-4)c4ccccc4-n4c5ccccc5c5cccc3c54)c2)cc1. The predicted octanol–water partition coefficient (Wildman–Crippen LogP) is 11.9. The van der Waals surface area contributed by atoms with Gasteiger partial charge in [-0.05, 0) is 68.8 Å². The van der Waals surface area contributed by atoms with Gasteiger partial charge in [0.25, 0.3) is 0 Å². The number of benzene rings is 7. The number of hydrogen-bond donors (Lipinski definition) is 0. The van der Waals surface area contributed by atoms with Gasteiger partial charge in [0.2, 0.25) is 0 Å². The molecule has 1 atom stereocenters. The molecule has 3 heterocycles. The molecule has 0 amide bonds. The molecule has 50 heavy (non-hydrogen) atoms. The van der Waals surface area contributed by atoms with E-state index >= 15 is 0 Å². The number of rotatable bonds is 3. The molecule has 1 aliphatic heterocycles. The van der Waals surface area contributed by atoms with Crippen molar-refractivity contribution in [2.45, 2.75) is 5.41 Å². The van der Waals surface area contributed by atoms with E-state index in [0.29, 0.717) is 0 Å². The van der Waals surface area contributed by atoms with Crippen molar-refractivity contribution in [1.29, 1.82) is 0 Å². The maximum Gasteiger partial charge on any atom is 0.0761 e. The number of fused-ring (bicyclic) bond motifs is 12. The first-order valence-electron chi connectivity index (χ1n) is 17.3. The van der Waals surface area contributed by atoms with Crippen molar-refractivity contribution in [2.24, 2.45) is 0 Å². The van der Waals surface area contributed by atoms with Crippen LogP contribution in [0.15, 0.2) is 182 Å². The Hall–Kier alpha value is -6.51. The second-order valence-electron chi connectivity index (χ2n) is 13.5. The molecule has 1 aliphatic carbocycles. The molecule has 2 heteroatoms. The minimum Gasteiger partial charge on any atom is -0.309 e. The molecule has 1 spiro atoms. The zero-order valence-electron chi connectivity index (χ0n) is 27.2. The molecule has 1 unspecified atom stereocenters.